The molecule has 8 nitrogen and oxygen atoms in total. The number of carbonyl (C=O) groups is 1. The van der Waals surface area contributed by atoms with Gasteiger partial charge in [-0.3, -0.25) is 4.79 Å². The third-order valence-corrected chi connectivity index (χ3v) is 6.94. The van der Waals surface area contributed by atoms with Crippen LogP contribution in [-0.4, -0.2) is 45.1 Å². The average molecular weight is 525 g/mol. The number of aryl methyl sites for hydroxylation is 1. The number of hydrogen-bond donors (Lipinski definition) is 2. The molecule has 5 rings (SSSR count). The number of benzene rings is 2. The van der Waals surface area contributed by atoms with Crippen molar-refractivity contribution in [3.63, 3.8) is 0 Å². The number of nitrogens with one attached hydrogen (secondary N) is 1. The van der Waals surface area contributed by atoms with Crippen LogP contribution in [0.2, 0.25) is 0 Å². The zero-order valence-corrected chi connectivity index (χ0v) is 22.1. The number of pyridine rings is 1. The number of aromatic nitrogens is 4. The molecule has 0 aliphatic carbocycles. The Labute approximate surface area is 225 Å². The Balaban J connectivity index is 1.41. The second kappa shape index (κ2) is 11.4. The van der Waals surface area contributed by atoms with Gasteiger partial charge in [-0.15, -0.1) is 0 Å². The maximum atomic E-state index is 10.9. The highest BCUT2D eigenvalue weighted by Crippen LogP contribution is 2.25. The SMILES string of the molecule is CN(C)c1ccc2nc(Cc3cc(Cc4ccccc4)nc(Nc4ccc(CCC(=O)O)cc4)n3)sc2n1. The number of carboxylic acids is 1. The van der Waals surface area contributed by atoms with Crippen LogP contribution < -0.4 is 10.2 Å². The van der Waals surface area contributed by atoms with Crippen molar-refractivity contribution >= 4 is 45.1 Å². The molecule has 0 aliphatic rings. The number of rotatable bonds is 10. The predicted molar refractivity (Wildman–Crippen MR) is 152 cm³/mol. The molecule has 192 valence electrons. The monoisotopic (exact) mass is 524 g/mol. The van der Waals surface area contributed by atoms with Crippen LogP contribution in [0.1, 0.15) is 33.9 Å². The maximum Gasteiger partial charge on any atom is 0.303 e. The van der Waals surface area contributed by atoms with E-state index in [-0.39, 0.29) is 6.42 Å². The largest absolute Gasteiger partial charge is 0.481 e. The molecule has 0 radical (unpaired) electrons. The van der Waals surface area contributed by atoms with E-state index in [1.165, 1.54) is 5.56 Å². The van der Waals surface area contributed by atoms with Crippen molar-refractivity contribution in [3.05, 3.63) is 100 Å². The Morgan fingerprint density at radius 1 is 0.868 bits per heavy atom. The van der Waals surface area contributed by atoms with E-state index in [0.29, 0.717) is 25.2 Å². The van der Waals surface area contributed by atoms with E-state index in [1.54, 1.807) is 11.3 Å². The number of thiazole rings is 1. The first kappa shape index (κ1) is 25.3. The van der Waals surface area contributed by atoms with Gasteiger partial charge in [0.15, 0.2) is 0 Å². The molecule has 5 aromatic rings. The van der Waals surface area contributed by atoms with E-state index < -0.39 is 5.97 Å². The topological polar surface area (TPSA) is 104 Å². The number of hydrogen-bond acceptors (Lipinski definition) is 8. The fraction of sp³-hybridized carbons (Fsp3) is 0.207. The lowest BCUT2D eigenvalue weighted by molar-refractivity contribution is -0.136. The highest BCUT2D eigenvalue weighted by Gasteiger charge is 2.12. The van der Waals surface area contributed by atoms with Crippen molar-refractivity contribution < 1.29 is 9.90 Å². The van der Waals surface area contributed by atoms with Crippen LogP contribution in [0.15, 0.2) is 72.8 Å². The lowest BCUT2D eigenvalue weighted by Crippen LogP contribution is -2.09. The minimum Gasteiger partial charge on any atom is -0.481 e. The maximum absolute atomic E-state index is 10.9. The molecule has 0 aliphatic heterocycles. The number of fused-ring (bicyclic) bond motifs is 1. The van der Waals surface area contributed by atoms with Gasteiger partial charge in [0, 0.05) is 39.0 Å². The fourth-order valence-electron chi connectivity index (χ4n) is 4.06. The van der Waals surface area contributed by atoms with Gasteiger partial charge in [0.2, 0.25) is 5.95 Å². The highest BCUT2D eigenvalue weighted by molar-refractivity contribution is 7.18. The molecule has 2 aromatic carbocycles. The number of anilines is 3. The Morgan fingerprint density at radius 2 is 1.61 bits per heavy atom. The van der Waals surface area contributed by atoms with Crippen LogP contribution in [0, 0.1) is 0 Å². The van der Waals surface area contributed by atoms with Crippen molar-refractivity contribution in [1.29, 1.82) is 0 Å². The van der Waals surface area contributed by atoms with Gasteiger partial charge in [0.25, 0.3) is 0 Å². The van der Waals surface area contributed by atoms with Gasteiger partial charge >= 0.3 is 5.97 Å². The van der Waals surface area contributed by atoms with Gasteiger partial charge in [-0.05, 0) is 47.9 Å². The standard InChI is InChI=1S/C29H28N6O2S/c1-35(2)25-14-13-24-28(34-25)38-26(33-24)18-23-17-22(16-20-6-4-3-5-7-20)31-29(32-23)30-21-11-8-19(9-12-21)10-15-27(36)37/h3-9,11-14,17H,10,15-16,18H2,1-2H3,(H,36,37)(H,30,31,32). The summed E-state index contributed by atoms with van der Waals surface area (Å²) in [6, 6.07) is 24.0. The van der Waals surface area contributed by atoms with Gasteiger partial charge in [0.05, 0.1) is 11.4 Å². The summed E-state index contributed by atoms with van der Waals surface area (Å²) in [6.07, 6.45) is 1.87. The van der Waals surface area contributed by atoms with Crippen LogP contribution in [0.5, 0.6) is 0 Å². The van der Waals surface area contributed by atoms with E-state index in [2.05, 4.69) is 17.4 Å². The number of nitrogens with zero attached hydrogens (tertiary/aromatic N) is 5. The Kier molecular flexibility index (Phi) is 7.55. The predicted octanol–water partition coefficient (Wildman–Crippen LogP) is 5.49. The Hall–Kier alpha value is -4.37. The molecule has 0 atom stereocenters. The summed E-state index contributed by atoms with van der Waals surface area (Å²) in [5, 5.41) is 13.2. The number of carboxylic acid groups (broad SMARTS) is 1. The van der Waals surface area contributed by atoms with Crippen molar-refractivity contribution in [2.24, 2.45) is 0 Å². The van der Waals surface area contributed by atoms with E-state index in [1.807, 2.05) is 79.7 Å². The van der Waals surface area contributed by atoms with Gasteiger partial charge in [0.1, 0.15) is 21.2 Å². The Morgan fingerprint density at radius 3 is 2.32 bits per heavy atom. The van der Waals surface area contributed by atoms with Crippen LogP contribution in [0.3, 0.4) is 0 Å². The third kappa shape index (κ3) is 6.49. The highest BCUT2D eigenvalue weighted by atomic mass is 32.1. The van der Waals surface area contributed by atoms with Gasteiger partial charge in [-0.25, -0.2) is 19.9 Å². The van der Waals surface area contributed by atoms with Gasteiger partial charge < -0.3 is 15.3 Å². The van der Waals surface area contributed by atoms with Crippen molar-refractivity contribution in [2.45, 2.75) is 25.7 Å². The van der Waals surface area contributed by atoms with Crippen LogP contribution in [0.4, 0.5) is 17.5 Å². The lowest BCUT2D eigenvalue weighted by atomic mass is 10.1. The normalized spacial score (nSPS) is 11.0. The first-order valence-electron chi connectivity index (χ1n) is 12.3. The molecular weight excluding hydrogens is 496 g/mol. The summed E-state index contributed by atoms with van der Waals surface area (Å²) in [7, 11) is 3.95. The fourth-order valence-corrected chi connectivity index (χ4v) is 5.01. The third-order valence-electron chi connectivity index (χ3n) is 5.97. The minimum atomic E-state index is -0.801. The molecule has 0 saturated carbocycles. The molecule has 2 N–H and O–H groups in total. The molecule has 0 saturated heterocycles. The Bertz CT molecular complexity index is 1550. The second-order valence-electron chi connectivity index (χ2n) is 9.22. The molecule has 0 unspecified atom stereocenters. The van der Waals surface area contributed by atoms with Gasteiger partial charge in [-0.2, -0.15) is 0 Å². The molecular formula is C29H28N6O2S. The summed E-state index contributed by atoms with van der Waals surface area (Å²) in [5.41, 5.74) is 5.66. The van der Waals surface area contributed by atoms with Crippen LogP contribution in [-0.2, 0) is 24.1 Å². The number of aliphatic carboxylic acids is 1. The van der Waals surface area contributed by atoms with Crippen molar-refractivity contribution in [2.75, 3.05) is 24.3 Å². The summed E-state index contributed by atoms with van der Waals surface area (Å²) in [4.78, 5) is 32.8. The van der Waals surface area contributed by atoms with Crippen LogP contribution in [0.25, 0.3) is 10.3 Å². The summed E-state index contributed by atoms with van der Waals surface area (Å²) in [6.45, 7) is 0. The molecule has 0 amide bonds. The molecule has 0 fully saturated rings. The van der Waals surface area contributed by atoms with E-state index >= 15 is 0 Å². The van der Waals surface area contributed by atoms with E-state index in [9.17, 15) is 4.79 Å². The van der Waals surface area contributed by atoms with Gasteiger partial charge in [-0.1, -0.05) is 53.8 Å². The lowest BCUT2D eigenvalue weighted by Gasteiger charge is -2.10. The van der Waals surface area contributed by atoms with Crippen LogP contribution >= 0.6 is 11.3 Å². The zero-order chi connectivity index (χ0) is 26.5. The summed E-state index contributed by atoms with van der Waals surface area (Å²) >= 11 is 1.58. The molecule has 38 heavy (non-hydrogen) atoms. The molecule has 3 heterocycles. The quantitative estimate of drug-likeness (QED) is 0.247. The molecule has 3 aromatic heterocycles. The second-order valence-corrected chi connectivity index (χ2v) is 10.3. The first-order valence-corrected chi connectivity index (χ1v) is 13.2. The smallest absolute Gasteiger partial charge is 0.303 e. The average Bonchev–Trinajstić information content (AvgIpc) is 3.30. The van der Waals surface area contributed by atoms with Crippen molar-refractivity contribution in [3.8, 4) is 0 Å². The first-order chi connectivity index (χ1) is 18.4. The molecule has 9 heteroatoms. The van der Waals surface area contributed by atoms with E-state index in [0.717, 1.165) is 43.8 Å². The molecule has 0 spiro atoms. The van der Waals surface area contributed by atoms with Crippen molar-refractivity contribution in [1.82, 2.24) is 19.9 Å². The zero-order valence-electron chi connectivity index (χ0n) is 21.3. The summed E-state index contributed by atoms with van der Waals surface area (Å²) in [5.74, 6) is 0.617. The molecule has 0 bridgehead atoms. The summed E-state index contributed by atoms with van der Waals surface area (Å²) < 4.78 is 0. The minimum absolute atomic E-state index is 0.110. The van der Waals surface area contributed by atoms with E-state index in [4.69, 9.17) is 25.0 Å².